The molecule has 3 heterocycles. The molecule has 1 aliphatic rings. The van der Waals surface area contributed by atoms with Crippen LogP contribution in [0.2, 0.25) is 0 Å². The summed E-state index contributed by atoms with van der Waals surface area (Å²) in [4.78, 5) is 12.7. The molecule has 0 aliphatic carbocycles. The molecule has 9 aromatic carbocycles. The summed E-state index contributed by atoms with van der Waals surface area (Å²) >= 11 is 0. The molecular formula is C54H37N5. The third kappa shape index (κ3) is 5.04. The Morgan fingerprint density at radius 2 is 1.03 bits per heavy atom. The van der Waals surface area contributed by atoms with E-state index in [1.54, 1.807) is 0 Å². The van der Waals surface area contributed by atoms with E-state index in [4.69, 9.17) is 9.98 Å². The molecule has 59 heavy (non-hydrogen) atoms. The van der Waals surface area contributed by atoms with E-state index in [2.05, 4.69) is 197 Å². The summed E-state index contributed by atoms with van der Waals surface area (Å²) in [7, 11) is 2.10. The van der Waals surface area contributed by atoms with Gasteiger partial charge in [-0.3, -0.25) is 0 Å². The van der Waals surface area contributed by atoms with Crippen molar-refractivity contribution >= 4 is 76.8 Å². The zero-order chi connectivity index (χ0) is 39.0. The van der Waals surface area contributed by atoms with Crippen LogP contribution in [0.25, 0.3) is 76.5 Å². The maximum atomic E-state index is 5.35. The minimum Gasteiger partial charge on any atom is -0.333 e. The van der Waals surface area contributed by atoms with E-state index in [9.17, 15) is 0 Å². The van der Waals surface area contributed by atoms with Gasteiger partial charge in [-0.2, -0.15) is 0 Å². The molecule has 1 unspecified atom stereocenters. The highest BCUT2D eigenvalue weighted by molar-refractivity contribution is 6.39. The average Bonchev–Trinajstić information content (AvgIpc) is 3.84. The van der Waals surface area contributed by atoms with Gasteiger partial charge in [-0.1, -0.05) is 164 Å². The molecule has 278 valence electrons. The fourth-order valence-electron chi connectivity index (χ4n) is 9.55. The Bertz CT molecular complexity index is 3500. The van der Waals surface area contributed by atoms with E-state index in [0.29, 0.717) is 0 Å². The molecule has 11 aromatic rings. The molecule has 1 atom stereocenters. The predicted molar refractivity (Wildman–Crippen MR) is 247 cm³/mol. The largest absolute Gasteiger partial charge is 0.333 e. The summed E-state index contributed by atoms with van der Waals surface area (Å²) in [6.07, 6.45) is -0.303. The Balaban J connectivity index is 1.17. The number of fused-ring (bicyclic) bond motifs is 12. The lowest BCUT2D eigenvalue weighted by atomic mass is 9.97. The molecule has 1 aliphatic heterocycles. The molecule has 0 fully saturated rings. The SMILES string of the molecule is CN1C(c2ccccc2)=NC(c2ccccc2)=NC1c1cccc(-n2c3ccccc3c3c2c2ccccc2c2c4c5ccccc5ccc4n(-c4ccccc4)c23)c1. The topological polar surface area (TPSA) is 37.8 Å². The number of rotatable bonds is 5. The second-order valence-electron chi connectivity index (χ2n) is 15.4. The number of aliphatic imine (C=N–C) groups is 2. The van der Waals surface area contributed by atoms with Gasteiger partial charge in [0.2, 0.25) is 0 Å². The van der Waals surface area contributed by atoms with Crippen LogP contribution in [0.3, 0.4) is 0 Å². The molecule has 0 saturated heterocycles. The molecule has 0 saturated carbocycles. The number of hydrogen-bond acceptors (Lipinski definition) is 3. The lowest BCUT2D eigenvalue weighted by Gasteiger charge is -2.32. The molecule has 0 amide bonds. The van der Waals surface area contributed by atoms with Crippen LogP contribution in [-0.2, 0) is 0 Å². The second-order valence-corrected chi connectivity index (χ2v) is 15.4. The van der Waals surface area contributed by atoms with Crippen LogP contribution in [0.5, 0.6) is 0 Å². The van der Waals surface area contributed by atoms with Crippen molar-refractivity contribution in [3.63, 3.8) is 0 Å². The highest BCUT2D eigenvalue weighted by Crippen LogP contribution is 2.48. The fraction of sp³-hybridized carbons (Fsp3) is 0.0370. The number of para-hydroxylation sites is 2. The quantitative estimate of drug-likeness (QED) is 0.172. The number of nitrogens with zero attached hydrogens (tertiary/aromatic N) is 5. The van der Waals surface area contributed by atoms with Crippen LogP contribution in [0.15, 0.2) is 210 Å². The van der Waals surface area contributed by atoms with Gasteiger partial charge < -0.3 is 14.0 Å². The zero-order valence-electron chi connectivity index (χ0n) is 32.4. The summed E-state index contributed by atoms with van der Waals surface area (Å²) in [5, 5.41) is 9.96. The third-order valence-corrected chi connectivity index (χ3v) is 12.1. The van der Waals surface area contributed by atoms with E-state index < -0.39 is 0 Å². The molecule has 0 N–H and O–H groups in total. The average molecular weight is 756 g/mol. The molecule has 12 rings (SSSR count). The predicted octanol–water partition coefficient (Wildman–Crippen LogP) is 13.0. The van der Waals surface area contributed by atoms with Gasteiger partial charge in [0.1, 0.15) is 5.84 Å². The lowest BCUT2D eigenvalue weighted by Crippen LogP contribution is -2.35. The van der Waals surface area contributed by atoms with Crippen molar-refractivity contribution in [1.29, 1.82) is 0 Å². The van der Waals surface area contributed by atoms with E-state index in [-0.39, 0.29) is 6.17 Å². The second kappa shape index (κ2) is 13.2. The van der Waals surface area contributed by atoms with Gasteiger partial charge in [-0.25, -0.2) is 9.98 Å². The third-order valence-electron chi connectivity index (χ3n) is 12.1. The smallest absolute Gasteiger partial charge is 0.159 e. The number of amidine groups is 2. The molecule has 0 bridgehead atoms. The first-order valence-corrected chi connectivity index (χ1v) is 20.2. The summed E-state index contributed by atoms with van der Waals surface area (Å²) in [5.74, 6) is 1.62. The van der Waals surface area contributed by atoms with Crippen LogP contribution >= 0.6 is 0 Å². The molecule has 2 aromatic heterocycles. The van der Waals surface area contributed by atoms with E-state index >= 15 is 0 Å². The van der Waals surface area contributed by atoms with Gasteiger partial charge in [-0.15, -0.1) is 0 Å². The summed E-state index contributed by atoms with van der Waals surface area (Å²) in [6, 6.07) is 71.8. The minimum atomic E-state index is -0.303. The number of hydrogen-bond donors (Lipinski definition) is 0. The van der Waals surface area contributed by atoms with Crippen molar-refractivity contribution in [2.24, 2.45) is 9.98 Å². The maximum absolute atomic E-state index is 5.35. The Labute approximate surface area is 341 Å². The first-order chi connectivity index (χ1) is 29.2. The van der Waals surface area contributed by atoms with Gasteiger partial charge in [-0.05, 0) is 58.1 Å². The summed E-state index contributed by atoms with van der Waals surface area (Å²) in [6.45, 7) is 0. The number of benzene rings is 9. The van der Waals surface area contributed by atoms with Crippen LogP contribution in [0.4, 0.5) is 0 Å². The van der Waals surface area contributed by atoms with Crippen LogP contribution in [0, 0.1) is 0 Å². The van der Waals surface area contributed by atoms with Crippen LogP contribution in [0.1, 0.15) is 22.9 Å². The van der Waals surface area contributed by atoms with Gasteiger partial charge in [0.25, 0.3) is 0 Å². The molecule has 5 nitrogen and oxygen atoms in total. The minimum absolute atomic E-state index is 0.303. The summed E-state index contributed by atoms with van der Waals surface area (Å²) < 4.78 is 4.98. The fourth-order valence-corrected chi connectivity index (χ4v) is 9.55. The van der Waals surface area contributed by atoms with Crippen molar-refractivity contribution < 1.29 is 0 Å². The zero-order valence-corrected chi connectivity index (χ0v) is 32.4. The molecular weight excluding hydrogens is 719 g/mol. The van der Waals surface area contributed by atoms with Crippen molar-refractivity contribution in [3.8, 4) is 11.4 Å². The lowest BCUT2D eigenvalue weighted by molar-refractivity contribution is 0.383. The normalized spacial score (nSPS) is 14.5. The van der Waals surface area contributed by atoms with Crippen molar-refractivity contribution in [1.82, 2.24) is 14.0 Å². The Morgan fingerprint density at radius 3 is 1.81 bits per heavy atom. The van der Waals surface area contributed by atoms with Crippen LogP contribution in [-0.4, -0.2) is 32.8 Å². The van der Waals surface area contributed by atoms with E-state index in [1.807, 2.05) is 24.3 Å². The van der Waals surface area contributed by atoms with E-state index in [1.165, 1.54) is 59.6 Å². The van der Waals surface area contributed by atoms with Gasteiger partial charge in [0.15, 0.2) is 12.0 Å². The Hall–Kier alpha value is -7.76. The van der Waals surface area contributed by atoms with Gasteiger partial charge >= 0.3 is 0 Å². The first-order valence-electron chi connectivity index (χ1n) is 20.2. The first kappa shape index (κ1) is 33.4. The van der Waals surface area contributed by atoms with Gasteiger partial charge in [0, 0.05) is 56.5 Å². The monoisotopic (exact) mass is 755 g/mol. The van der Waals surface area contributed by atoms with Crippen molar-refractivity contribution in [3.05, 3.63) is 217 Å². The number of aromatic nitrogens is 2. The Kier molecular flexibility index (Phi) is 7.44. The standard InChI is InChI=1S/C54H37N5/c1-57-53(37-21-7-3-8-22-37)55-52(36-19-5-2-6-20-36)56-54(57)38-23-17-26-40(34-38)59-45-31-16-15-30-44(45)49-50(59)43-29-14-13-28-42(43)48-47-41-27-12-11-18-35(41)32-33-46(47)58(51(48)49)39-24-9-4-10-25-39/h2-34,54H,1H3. The van der Waals surface area contributed by atoms with Gasteiger partial charge in [0.05, 0.1) is 22.1 Å². The van der Waals surface area contributed by atoms with Crippen molar-refractivity contribution in [2.45, 2.75) is 6.17 Å². The highest BCUT2D eigenvalue weighted by atomic mass is 15.3. The molecule has 0 spiro atoms. The Morgan fingerprint density at radius 1 is 0.424 bits per heavy atom. The highest BCUT2D eigenvalue weighted by Gasteiger charge is 2.29. The maximum Gasteiger partial charge on any atom is 0.159 e. The van der Waals surface area contributed by atoms with E-state index in [0.717, 1.165) is 45.3 Å². The van der Waals surface area contributed by atoms with Crippen LogP contribution < -0.4 is 0 Å². The molecule has 5 heteroatoms. The van der Waals surface area contributed by atoms with Crippen molar-refractivity contribution in [2.75, 3.05) is 7.05 Å². The molecule has 0 radical (unpaired) electrons. The summed E-state index contributed by atoms with van der Waals surface area (Å²) in [5.41, 5.74) is 10.1.